The van der Waals surface area contributed by atoms with Crippen molar-refractivity contribution in [2.24, 2.45) is 0 Å². The van der Waals surface area contributed by atoms with Crippen LogP contribution in [0.1, 0.15) is 23.9 Å². The van der Waals surface area contributed by atoms with E-state index in [1.165, 1.54) is 18.2 Å². The highest BCUT2D eigenvalue weighted by Crippen LogP contribution is 2.20. The maximum absolute atomic E-state index is 13.1. The van der Waals surface area contributed by atoms with Crippen LogP contribution in [0.5, 0.6) is 5.75 Å². The Labute approximate surface area is 163 Å². The molecule has 0 bridgehead atoms. The minimum atomic E-state index is -0.295. The van der Waals surface area contributed by atoms with E-state index in [1.54, 1.807) is 35.0 Å². The summed E-state index contributed by atoms with van der Waals surface area (Å²) in [6.07, 6.45) is 3.21. The highest BCUT2D eigenvalue weighted by Gasteiger charge is 2.11. The third kappa shape index (κ3) is 4.46. The second-order valence-corrected chi connectivity index (χ2v) is 6.25. The Bertz CT molecular complexity index is 990. The molecule has 0 aliphatic heterocycles. The van der Waals surface area contributed by atoms with Gasteiger partial charge in [-0.15, -0.1) is 0 Å². The molecule has 0 radical (unpaired) electrons. The molecule has 0 unspecified atom stereocenters. The molecule has 0 fully saturated rings. The van der Waals surface area contributed by atoms with Gasteiger partial charge in [0.25, 0.3) is 0 Å². The number of carbonyl (C=O) groups excluding carboxylic acids is 1. The van der Waals surface area contributed by atoms with Gasteiger partial charge in [-0.25, -0.2) is 9.07 Å². The number of hydrogen-bond acceptors (Lipinski definition) is 3. The number of amides is 1. The quantitative estimate of drug-likeness (QED) is 0.633. The number of carbonyl (C=O) groups is 1. The molecule has 1 N–H and O–H groups in total. The number of aromatic nitrogens is 2. The Morgan fingerprint density at radius 2 is 1.82 bits per heavy atom. The molecule has 6 heteroatoms. The van der Waals surface area contributed by atoms with Crippen molar-refractivity contribution in [3.8, 4) is 11.4 Å². The number of rotatable bonds is 6. The first-order chi connectivity index (χ1) is 13.5. The van der Waals surface area contributed by atoms with E-state index < -0.39 is 0 Å². The van der Waals surface area contributed by atoms with Crippen LogP contribution in [-0.2, 0) is 4.79 Å². The highest BCUT2D eigenvalue weighted by molar-refractivity contribution is 6.02. The lowest BCUT2D eigenvalue weighted by Crippen LogP contribution is -2.07. The molecule has 0 aliphatic carbocycles. The zero-order valence-corrected chi connectivity index (χ0v) is 16.1. The van der Waals surface area contributed by atoms with Crippen molar-refractivity contribution in [3.63, 3.8) is 0 Å². The molecule has 0 atom stereocenters. The van der Waals surface area contributed by atoms with Gasteiger partial charge < -0.3 is 10.1 Å². The monoisotopic (exact) mass is 379 g/mol. The largest absolute Gasteiger partial charge is 0.494 e. The number of halogens is 1. The van der Waals surface area contributed by atoms with E-state index in [2.05, 4.69) is 10.4 Å². The Balaban J connectivity index is 1.73. The lowest BCUT2D eigenvalue weighted by molar-refractivity contribution is -0.111. The van der Waals surface area contributed by atoms with Crippen molar-refractivity contribution in [1.29, 1.82) is 0 Å². The molecular weight excluding hydrogens is 357 g/mol. The fourth-order valence-electron chi connectivity index (χ4n) is 2.87. The van der Waals surface area contributed by atoms with E-state index in [0.717, 1.165) is 28.4 Å². The molecule has 5 nitrogen and oxygen atoms in total. The van der Waals surface area contributed by atoms with Crippen LogP contribution in [0, 0.1) is 19.7 Å². The average molecular weight is 379 g/mol. The van der Waals surface area contributed by atoms with E-state index in [0.29, 0.717) is 12.3 Å². The maximum Gasteiger partial charge on any atom is 0.248 e. The van der Waals surface area contributed by atoms with Crippen LogP contribution in [0.4, 0.5) is 10.1 Å². The van der Waals surface area contributed by atoms with Gasteiger partial charge in [0.15, 0.2) is 0 Å². The van der Waals surface area contributed by atoms with Crippen LogP contribution in [0.2, 0.25) is 0 Å². The number of nitrogens with zero attached hydrogens (tertiary/aromatic N) is 2. The molecule has 1 heterocycles. The molecule has 0 saturated carbocycles. The molecule has 3 aromatic rings. The summed E-state index contributed by atoms with van der Waals surface area (Å²) in [6.45, 7) is 6.30. The zero-order chi connectivity index (χ0) is 20.1. The van der Waals surface area contributed by atoms with Crippen LogP contribution in [0.3, 0.4) is 0 Å². The molecule has 28 heavy (non-hydrogen) atoms. The summed E-state index contributed by atoms with van der Waals surface area (Å²) in [5.41, 5.74) is 3.96. The van der Waals surface area contributed by atoms with Gasteiger partial charge in [0.1, 0.15) is 11.6 Å². The fourth-order valence-corrected chi connectivity index (χ4v) is 2.87. The van der Waals surface area contributed by atoms with Gasteiger partial charge in [-0.3, -0.25) is 4.79 Å². The standard InChI is InChI=1S/C22H22FN3O2/c1-4-28-20-11-7-18(8-12-20)24-22(27)14-13-21-15(2)25-26(16(21)3)19-9-5-17(23)6-10-19/h5-14H,4H2,1-3H3,(H,24,27)/b14-13+. The number of aryl methyl sites for hydroxylation is 1. The summed E-state index contributed by atoms with van der Waals surface area (Å²) in [5.74, 6) is 0.226. The van der Waals surface area contributed by atoms with Crippen molar-refractivity contribution < 1.29 is 13.9 Å². The number of ether oxygens (including phenoxy) is 1. The minimum Gasteiger partial charge on any atom is -0.494 e. The Kier molecular flexibility index (Phi) is 5.89. The summed E-state index contributed by atoms with van der Waals surface area (Å²) in [6, 6.07) is 13.3. The lowest BCUT2D eigenvalue weighted by atomic mass is 10.2. The summed E-state index contributed by atoms with van der Waals surface area (Å²) < 4.78 is 20.3. The van der Waals surface area contributed by atoms with E-state index in [-0.39, 0.29) is 11.7 Å². The van der Waals surface area contributed by atoms with Gasteiger partial charge in [-0.05, 0) is 75.4 Å². The number of hydrogen-bond donors (Lipinski definition) is 1. The van der Waals surface area contributed by atoms with Gasteiger partial charge >= 0.3 is 0 Å². The average Bonchev–Trinajstić information content (AvgIpc) is 2.96. The first-order valence-corrected chi connectivity index (χ1v) is 9.02. The first-order valence-electron chi connectivity index (χ1n) is 9.02. The van der Waals surface area contributed by atoms with Crippen molar-refractivity contribution >= 4 is 17.7 Å². The second-order valence-electron chi connectivity index (χ2n) is 6.25. The van der Waals surface area contributed by atoms with Crippen molar-refractivity contribution in [2.75, 3.05) is 11.9 Å². The van der Waals surface area contributed by atoms with Crippen LogP contribution in [0.25, 0.3) is 11.8 Å². The predicted molar refractivity (Wildman–Crippen MR) is 108 cm³/mol. The number of anilines is 1. The van der Waals surface area contributed by atoms with Crippen molar-refractivity contribution in [1.82, 2.24) is 9.78 Å². The van der Waals surface area contributed by atoms with Gasteiger partial charge in [0, 0.05) is 23.0 Å². The summed E-state index contributed by atoms with van der Waals surface area (Å²) in [4.78, 5) is 12.2. The first kappa shape index (κ1) is 19.4. The molecule has 2 aromatic carbocycles. The van der Waals surface area contributed by atoms with Crippen LogP contribution in [-0.4, -0.2) is 22.3 Å². The van der Waals surface area contributed by atoms with E-state index in [9.17, 15) is 9.18 Å². The van der Waals surface area contributed by atoms with Crippen LogP contribution >= 0.6 is 0 Å². The fraction of sp³-hybridized carbons (Fsp3) is 0.182. The Hall–Kier alpha value is -3.41. The van der Waals surface area contributed by atoms with Crippen LogP contribution in [0.15, 0.2) is 54.6 Å². The summed E-state index contributed by atoms with van der Waals surface area (Å²) >= 11 is 0. The van der Waals surface area contributed by atoms with Gasteiger partial charge in [0.2, 0.25) is 5.91 Å². The molecule has 1 aromatic heterocycles. The summed E-state index contributed by atoms with van der Waals surface area (Å²) in [5, 5.41) is 7.31. The molecule has 144 valence electrons. The van der Waals surface area contributed by atoms with Gasteiger partial charge in [-0.1, -0.05) is 0 Å². The Morgan fingerprint density at radius 1 is 1.14 bits per heavy atom. The van der Waals surface area contributed by atoms with E-state index in [1.807, 2.05) is 32.9 Å². The number of nitrogens with one attached hydrogen (secondary N) is 1. The molecule has 0 spiro atoms. The predicted octanol–water partition coefficient (Wildman–Crippen LogP) is 4.68. The highest BCUT2D eigenvalue weighted by atomic mass is 19.1. The van der Waals surface area contributed by atoms with E-state index in [4.69, 9.17) is 4.74 Å². The second kappa shape index (κ2) is 8.52. The molecule has 0 saturated heterocycles. The smallest absolute Gasteiger partial charge is 0.248 e. The molecule has 1 amide bonds. The lowest BCUT2D eigenvalue weighted by Gasteiger charge is -2.05. The van der Waals surface area contributed by atoms with Gasteiger partial charge in [-0.2, -0.15) is 5.10 Å². The molecular formula is C22H22FN3O2. The normalized spacial score (nSPS) is 11.0. The molecule has 3 rings (SSSR count). The van der Waals surface area contributed by atoms with Crippen molar-refractivity contribution in [3.05, 3.63) is 77.4 Å². The maximum atomic E-state index is 13.1. The summed E-state index contributed by atoms with van der Waals surface area (Å²) in [7, 11) is 0. The number of benzene rings is 2. The van der Waals surface area contributed by atoms with Gasteiger partial charge in [0.05, 0.1) is 18.0 Å². The van der Waals surface area contributed by atoms with Crippen molar-refractivity contribution in [2.45, 2.75) is 20.8 Å². The Morgan fingerprint density at radius 3 is 2.46 bits per heavy atom. The van der Waals surface area contributed by atoms with E-state index >= 15 is 0 Å². The third-order valence-electron chi connectivity index (χ3n) is 4.25. The minimum absolute atomic E-state index is 0.238. The SMILES string of the molecule is CCOc1ccc(NC(=O)/C=C/c2c(C)nn(-c3ccc(F)cc3)c2C)cc1. The third-order valence-corrected chi connectivity index (χ3v) is 4.25. The zero-order valence-electron chi connectivity index (χ0n) is 16.1. The molecule has 0 aliphatic rings. The van der Waals surface area contributed by atoms with Crippen LogP contribution < -0.4 is 10.1 Å². The topological polar surface area (TPSA) is 56.1 Å².